The second kappa shape index (κ2) is 5.09. The molecule has 0 radical (unpaired) electrons. The van der Waals surface area contributed by atoms with E-state index in [-0.39, 0.29) is 0 Å². The first-order valence-corrected chi connectivity index (χ1v) is 4.92. The number of halogens is 3. The second-order valence-corrected chi connectivity index (χ2v) is 3.35. The zero-order valence-electron chi connectivity index (χ0n) is 8.51. The first-order valence-electron chi connectivity index (χ1n) is 4.92. The summed E-state index contributed by atoms with van der Waals surface area (Å²) in [6, 6.07) is 0. The highest BCUT2D eigenvalue weighted by Gasteiger charge is 2.32. The van der Waals surface area contributed by atoms with E-state index in [0.29, 0.717) is 12.1 Å². The van der Waals surface area contributed by atoms with Gasteiger partial charge in [-0.3, -0.25) is 4.98 Å². The van der Waals surface area contributed by atoms with Crippen molar-refractivity contribution in [3.8, 4) is 0 Å². The van der Waals surface area contributed by atoms with Gasteiger partial charge in [-0.15, -0.1) is 0 Å². The standard InChI is InChI=1S/C10H13F3N2/c1-2-3-4-5-8-6-15-9(7-14-8)10(11,12)13/h6-7H,2-5H2,1H3. The van der Waals surface area contributed by atoms with E-state index in [9.17, 15) is 13.2 Å². The zero-order chi connectivity index (χ0) is 11.3. The molecule has 1 aromatic heterocycles. The van der Waals surface area contributed by atoms with Gasteiger partial charge in [-0.2, -0.15) is 13.2 Å². The number of hydrogen-bond acceptors (Lipinski definition) is 2. The Balaban J connectivity index is 2.57. The van der Waals surface area contributed by atoms with Crippen molar-refractivity contribution in [1.82, 2.24) is 9.97 Å². The van der Waals surface area contributed by atoms with Crippen molar-refractivity contribution in [3.63, 3.8) is 0 Å². The Morgan fingerprint density at radius 3 is 2.33 bits per heavy atom. The van der Waals surface area contributed by atoms with Gasteiger partial charge >= 0.3 is 6.18 Å². The van der Waals surface area contributed by atoms with Gasteiger partial charge < -0.3 is 0 Å². The molecule has 0 atom stereocenters. The van der Waals surface area contributed by atoms with Crippen LogP contribution in [0.2, 0.25) is 0 Å². The number of hydrogen-bond donors (Lipinski definition) is 0. The van der Waals surface area contributed by atoms with Crippen LogP contribution in [0, 0.1) is 0 Å². The summed E-state index contributed by atoms with van der Waals surface area (Å²) in [7, 11) is 0. The Bertz CT molecular complexity index is 293. The summed E-state index contributed by atoms with van der Waals surface area (Å²) in [4.78, 5) is 7.08. The molecule has 0 spiro atoms. The van der Waals surface area contributed by atoms with Gasteiger partial charge in [-0.25, -0.2) is 4.98 Å². The van der Waals surface area contributed by atoms with Crippen LogP contribution in [0.15, 0.2) is 12.4 Å². The van der Waals surface area contributed by atoms with Crippen molar-refractivity contribution in [3.05, 3.63) is 23.8 Å². The molecule has 0 fully saturated rings. The summed E-state index contributed by atoms with van der Waals surface area (Å²) < 4.78 is 36.4. The fourth-order valence-corrected chi connectivity index (χ4v) is 1.19. The summed E-state index contributed by atoms with van der Waals surface area (Å²) >= 11 is 0. The van der Waals surface area contributed by atoms with Gasteiger partial charge in [0, 0.05) is 6.20 Å². The third-order valence-corrected chi connectivity index (χ3v) is 2.03. The number of unbranched alkanes of at least 4 members (excludes halogenated alkanes) is 2. The van der Waals surface area contributed by atoms with Crippen molar-refractivity contribution in [2.75, 3.05) is 0 Å². The highest BCUT2D eigenvalue weighted by Crippen LogP contribution is 2.26. The molecule has 2 nitrogen and oxygen atoms in total. The lowest BCUT2D eigenvalue weighted by Gasteiger charge is -2.05. The molecular weight excluding hydrogens is 205 g/mol. The molecule has 0 aliphatic heterocycles. The molecule has 0 saturated carbocycles. The second-order valence-electron chi connectivity index (χ2n) is 3.35. The number of aryl methyl sites for hydroxylation is 1. The van der Waals surface area contributed by atoms with Crippen molar-refractivity contribution < 1.29 is 13.2 Å². The highest BCUT2D eigenvalue weighted by molar-refractivity contribution is 5.05. The van der Waals surface area contributed by atoms with Crippen LogP contribution in [0.1, 0.15) is 37.6 Å². The van der Waals surface area contributed by atoms with E-state index in [4.69, 9.17) is 0 Å². The minimum absolute atomic E-state index is 0.622. The molecule has 5 heteroatoms. The number of aromatic nitrogens is 2. The van der Waals surface area contributed by atoms with Crippen LogP contribution in [0.5, 0.6) is 0 Å². The minimum atomic E-state index is -4.39. The third-order valence-electron chi connectivity index (χ3n) is 2.03. The summed E-state index contributed by atoms with van der Waals surface area (Å²) in [5, 5.41) is 0. The predicted molar refractivity (Wildman–Crippen MR) is 50.3 cm³/mol. The molecule has 1 rings (SSSR count). The van der Waals surface area contributed by atoms with Crippen molar-refractivity contribution in [1.29, 1.82) is 0 Å². The maximum absolute atomic E-state index is 12.1. The van der Waals surface area contributed by atoms with Gasteiger partial charge in [-0.1, -0.05) is 19.8 Å². The molecule has 0 aliphatic rings. The summed E-state index contributed by atoms with van der Waals surface area (Å²) in [5.74, 6) is 0. The molecule has 1 heterocycles. The molecular formula is C10H13F3N2. The maximum Gasteiger partial charge on any atom is 0.434 e. The topological polar surface area (TPSA) is 25.8 Å². The average molecular weight is 218 g/mol. The fourth-order valence-electron chi connectivity index (χ4n) is 1.19. The molecule has 0 bridgehead atoms. The fraction of sp³-hybridized carbons (Fsp3) is 0.600. The lowest BCUT2D eigenvalue weighted by molar-refractivity contribution is -0.141. The van der Waals surface area contributed by atoms with Gasteiger partial charge in [0.2, 0.25) is 0 Å². The maximum atomic E-state index is 12.1. The smallest absolute Gasteiger partial charge is 0.257 e. The van der Waals surface area contributed by atoms with Crippen LogP contribution in [-0.2, 0) is 12.6 Å². The molecule has 0 saturated heterocycles. The van der Waals surface area contributed by atoms with Crippen molar-refractivity contribution in [2.24, 2.45) is 0 Å². The molecule has 0 aliphatic carbocycles. The lowest BCUT2D eigenvalue weighted by atomic mass is 10.2. The van der Waals surface area contributed by atoms with E-state index in [1.54, 1.807) is 0 Å². The van der Waals surface area contributed by atoms with E-state index >= 15 is 0 Å². The van der Waals surface area contributed by atoms with Gasteiger partial charge in [0.1, 0.15) is 0 Å². The molecule has 15 heavy (non-hydrogen) atoms. The summed E-state index contributed by atoms with van der Waals surface area (Å²) in [5.41, 5.74) is -0.307. The third kappa shape index (κ3) is 3.85. The number of alkyl halides is 3. The number of rotatable bonds is 4. The van der Waals surface area contributed by atoms with E-state index in [2.05, 4.69) is 16.9 Å². The van der Waals surface area contributed by atoms with Crippen LogP contribution in [0.25, 0.3) is 0 Å². The first-order chi connectivity index (χ1) is 7.04. The van der Waals surface area contributed by atoms with Gasteiger partial charge in [0.15, 0.2) is 5.69 Å². The van der Waals surface area contributed by atoms with E-state index in [1.807, 2.05) is 0 Å². The van der Waals surface area contributed by atoms with Crippen LogP contribution < -0.4 is 0 Å². The van der Waals surface area contributed by atoms with Crippen LogP contribution in [-0.4, -0.2) is 9.97 Å². The van der Waals surface area contributed by atoms with Crippen LogP contribution in [0.4, 0.5) is 13.2 Å². The molecule has 84 valence electrons. The lowest BCUT2D eigenvalue weighted by Crippen LogP contribution is -2.09. The van der Waals surface area contributed by atoms with Crippen LogP contribution >= 0.6 is 0 Å². The Kier molecular flexibility index (Phi) is 4.05. The van der Waals surface area contributed by atoms with Gasteiger partial charge in [-0.05, 0) is 12.8 Å². The minimum Gasteiger partial charge on any atom is -0.257 e. The SMILES string of the molecule is CCCCCc1cnc(C(F)(F)F)cn1. The summed E-state index contributed by atoms with van der Waals surface area (Å²) in [6.07, 6.45) is 1.38. The normalized spacial score (nSPS) is 11.7. The largest absolute Gasteiger partial charge is 0.434 e. The van der Waals surface area contributed by atoms with Crippen molar-refractivity contribution in [2.45, 2.75) is 38.8 Å². The Morgan fingerprint density at radius 1 is 1.13 bits per heavy atom. The summed E-state index contributed by atoms with van der Waals surface area (Å²) in [6.45, 7) is 2.07. The van der Waals surface area contributed by atoms with Gasteiger partial charge in [0.05, 0.1) is 11.9 Å². The molecule has 1 aromatic rings. The molecule has 0 unspecified atom stereocenters. The van der Waals surface area contributed by atoms with Gasteiger partial charge in [0.25, 0.3) is 0 Å². The molecule has 0 N–H and O–H groups in total. The van der Waals surface area contributed by atoms with Crippen LogP contribution in [0.3, 0.4) is 0 Å². The van der Waals surface area contributed by atoms with E-state index in [0.717, 1.165) is 25.5 Å². The molecule has 0 amide bonds. The quantitative estimate of drug-likeness (QED) is 0.725. The zero-order valence-corrected chi connectivity index (χ0v) is 8.51. The Labute approximate surface area is 86.6 Å². The highest BCUT2D eigenvalue weighted by atomic mass is 19.4. The predicted octanol–water partition coefficient (Wildman–Crippen LogP) is 3.23. The number of nitrogens with zero attached hydrogens (tertiary/aromatic N) is 2. The Morgan fingerprint density at radius 2 is 1.87 bits per heavy atom. The first kappa shape index (κ1) is 11.9. The molecule has 0 aromatic carbocycles. The Hall–Kier alpha value is -1.13. The van der Waals surface area contributed by atoms with Crippen molar-refractivity contribution >= 4 is 0 Å². The van der Waals surface area contributed by atoms with E-state index < -0.39 is 11.9 Å². The average Bonchev–Trinajstić information content (AvgIpc) is 2.18. The monoisotopic (exact) mass is 218 g/mol. The van der Waals surface area contributed by atoms with E-state index in [1.165, 1.54) is 6.20 Å².